The quantitative estimate of drug-likeness (QED) is 0.750. The molecule has 0 aliphatic carbocycles. The van der Waals surface area contributed by atoms with E-state index in [1.807, 2.05) is 16.8 Å². The van der Waals surface area contributed by atoms with E-state index in [0.717, 1.165) is 36.3 Å². The first-order valence-corrected chi connectivity index (χ1v) is 9.16. The Morgan fingerprint density at radius 3 is 2.59 bits per heavy atom. The molecule has 27 heavy (non-hydrogen) atoms. The first-order valence-electron chi connectivity index (χ1n) is 9.16. The summed E-state index contributed by atoms with van der Waals surface area (Å²) >= 11 is 0. The van der Waals surface area contributed by atoms with Crippen LogP contribution in [0.3, 0.4) is 0 Å². The lowest BCUT2D eigenvalue weighted by molar-refractivity contribution is 0.0648. The lowest BCUT2D eigenvalue weighted by Crippen LogP contribution is -2.38. The Morgan fingerprint density at radius 1 is 1.07 bits per heavy atom. The molecule has 2 aromatic heterocycles. The fraction of sp³-hybridized carbons (Fsp3) is 0.350. The van der Waals surface area contributed by atoms with Crippen LogP contribution in [0.1, 0.15) is 24.2 Å². The Labute approximate surface area is 157 Å². The van der Waals surface area contributed by atoms with Crippen molar-refractivity contribution in [2.75, 3.05) is 13.1 Å². The summed E-state index contributed by atoms with van der Waals surface area (Å²) in [6.07, 6.45) is 4.98. The van der Waals surface area contributed by atoms with Crippen molar-refractivity contribution < 1.29 is 9.50 Å². The number of halogens is 1. The van der Waals surface area contributed by atoms with Gasteiger partial charge in [0.05, 0.1) is 19.2 Å². The number of nitrogens with zero attached hydrogens (tertiary/aromatic N) is 5. The van der Waals surface area contributed by atoms with E-state index in [0.29, 0.717) is 25.5 Å². The van der Waals surface area contributed by atoms with Gasteiger partial charge in [-0.3, -0.25) is 9.88 Å². The smallest absolute Gasteiger partial charge is 0.181 e. The summed E-state index contributed by atoms with van der Waals surface area (Å²) in [6, 6.07) is 10.2. The Bertz CT molecular complexity index is 881. The van der Waals surface area contributed by atoms with Crippen molar-refractivity contribution in [3.63, 3.8) is 0 Å². The molecule has 0 bridgehead atoms. The number of pyridine rings is 1. The van der Waals surface area contributed by atoms with Gasteiger partial charge in [0, 0.05) is 24.5 Å². The summed E-state index contributed by atoms with van der Waals surface area (Å²) in [5, 5.41) is 14.6. The molecule has 1 fully saturated rings. The highest BCUT2D eigenvalue weighted by Crippen LogP contribution is 2.18. The normalized spacial score (nSPS) is 17.9. The third kappa shape index (κ3) is 4.37. The van der Waals surface area contributed by atoms with E-state index in [2.05, 4.69) is 15.0 Å². The van der Waals surface area contributed by atoms with E-state index in [4.69, 9.17) is 4.98 Å². The molecule has 0 radical (unpaired) electrons. The van der Waals surface area contributed by atoms with E-state index in [-0.39, 0.29) is 11.9 Å². The molecule has 7 heteroatoms. The molecule has 140 valence electrons. The van der Waals surface area contributed by atoms with E-state index in [1.54, 1.807) is 24.5 Å². The van der Waals surface area contributed by atoms with Crippen LogP contribution >= 0.6 is 0 Å². The highest BCUT2D eigenvalue weighted by Gasteiger charge is 2.21. The summed E-state index contributed by atoms with van der Waals surface area (Å²) in [6.45, 7) is 2.72. The first kappa shape index (κ1) is 17.8. The van der Waals surface area contributed by atoms with Gasteiger partial charge < -0.3 is 5.11 Å². The van der Waals surface area contributed by atoms with Crippen molar-refractivity contribution in [2.24, 2.45) is 0 Å². The summed E-state index contributed by atoms with van der Waals surface area (Å²) in [5.41, 5.74) is 1.87. The molecule has 3 aromatic rings. The van der Waals surface area contributed by atoms with Crippen molar-refractivity contribution in [2.45, 2.75) is 32.0 Å². The van der Waals surface area contributed by atoms with E-state index < -0.39 is 0 Å². The third-order valence-corrected chi connectivity index (χ3v) is 4.78. The topological polar surface area (TPSA) is 67.1 Å². The predicted octanol–water partition coefficient (Wildman–Crippen LogP) is 2.48. The summed E-state index contributed by atoms with van der Waals surface area (Å²) in [4.78, 5) is 11.0. The maximum Gasteiger partial charge on any atom is 0.181 e. The van der Waals surface area contributed by atoms with Crippen LogP contribution < -0.4 is 0 Å². The maximum atomic E-state index is 13.2. The number of β-amino-alcohol motifs (C(OH)–C–C–N with tert-alkyl or cyclic N) is 1. The van der Waals surface area contributed by atoms with Crippen LogP contribution in [-0.2, 0) is 13.1 Å². The minimum atomic E-state index is -0.285. The zero-order valence-corrected chi connectivity index (χ0v) is 15.0. The molecular formula is C20H22FN5O. The minimum absolute atomic E-state index is 0.252. The molecule has 1 atom stereocenters. The molecule has 4 rings (SSSR count). The lowest BCUT2D eigenvalue weighted by atomic mass is 10.1. The van der Waals surface area contributed by atoms with Crippen molar-refractivity contribution in [3.8, 4) is 11.4 Å². The largest absolute Gasteiger partial charge is 0.392 e. The minimum Gasteiger partial charge on any atom is -0.392 e. The highest BCUT2D eigenvalue weighted by atomic mass is 19.1. The molecule has 3 heterocycles. The molecule has 1 aromatic carbocycles. The average Bonchev–Trinajstić information content (AvgIpc) is 3.07. The van der Waals surface area contributed by atoms with Gasteiger partial charge in [-0.05, 0) is 49.2 Å². The van der Waals surface area contributed by atoms with Crippen molar-refractivity contribution >= 4 is 0 Å². The van der Waals surface area contributed by atoms with Gasteiger partial charge >= 0.3 is 0 Å². The molecule has 0 saturated carbocycles. The third-order valence-electron chi connectivity index (χ3n) is 4.78. The first-order chi connectivity index (χ1) is 13.2. The van der Waals surface area contributed by atoms with Crippen LogP contribution in [0.25, 0.3) is 11.4 Å². The van der Waals surface area contributed by atoms with Gasteiger partial charge in [0.25, 0.3) is 0 Å². The molecule has 1 aliphatic rings. The molecule has 1 saturated heterocycles. The Balaban J connectivity index is 1.62. The van der Waals surface area contributed by atoms with Crippen LogP contribution in [0.5, 0.6) is 0 Å². The number of aliphatic hydroxyl groups excluding tert-OH is 1. The number of benzene rings is 1. The SMILES string of the molecule is O[C@@H]1CCCN(Cc2nc(-c3ccncc3)nn2Cc2ccc(F)cc2)C1. The van der Waals surface area contributed by atoms with Gasteiger partial charge in [-0.1, -0.05) is 12.1 Å². The standard InChI is InChI=1S/C20H22FN5O/c21-17-5-3-15(4-6-17)12-26-19(14-25-11-1-2-18(27)13-25)23-20(24-26)16-7-9-22-10-8-16/h3-10,18,27H,1-2,11-14H2/t18-/m1/s1. The summed E-state index contributed by atoms with van der Waals surface area (Å²) in [7, 11) is 0. The average molecular weight is 367 g/mol. The molecule has 6 nitrogen and oxygen atoms in total. The van der Waals surface area contributed by atoms with Crippen molar-refractivity contribution in [3.05, 3.63) is 66.0 Å². The molecule has 0 spiro atoms. The molecular weight excluding hydrogens is 345 g/mol. The zero-order valence-electron chi connectivity index (χ0n) is 15.0. The number of rotatable bonds is 5. The number of aromatic nitrogens is 4. The van der Waals surface area contributed by atoms with Crippen molar-refractivity contribution in [1.82, 2.24) is 24.6 Å². The summed E-state index contributed by atoms with van der Waals surface area (Å²) in [5.74, 6) is 1.23. The van der Waals surface area contributed by atoms with Gasteiger partial charge in [0.2, 0.25) is 0 Å². The van der Waals surface area contributed by atoms with E-state index >= 15 is 0 Å². The molecule has 0 unspecified atom stereocenters. The van der Waals surface area contributed by atoms with Crippen LogP contribution in [0.4, 0.5) is 4.39 Å². The van der Waals surface area contributed by atoms with Gasteiger partial charge in [-0.15, -0.1) is 0 Å². The number of hydrogen-bond acceptors (Lipinski definition) is 5. The lowest BCUT2D eigenvalue weighted by Gasteiger charge is -2.29. The van der Waals surface area contributed by atoms with Gasteiger partial charge in [0.1, 0.15) is 11.6 Å². The van der Waals surface area contributed by atoms with E-state index in [1.165, 1.54) is 12.1 Å². The predicted molar refractivity (Wildman–Crippen MR) is 99.3 cm³/mol. The number of piperidine rings is 1. The summed E-state index contributed by atoms with van der Waals surface area (Å²) < 4.78 is 15.1. The van der Waals surface area contributed by atoms with E-state index in [9.17, 15) is 9.50 Å². The monoisotopic (exact) mass is 367 g/mol. The Kier molecular flexibility index (Phi) is 5.22. The fourth-order valence-corrected chi connectivity index (χ4v) is 3.38. The second-order valence-corrected chi connectivity index (χ2v) is 6.90. The number of likely N-dealkylation sites (tertiary alicyclic amines) is 1. The van der Waals surface area contributed by atoms with Crippen LogP contribution in [0.2, 0.25) is 0 Å². The molecule has 1 N–H and O–H groups in total. The Morgan fingerprint density at radius 2 is 1.85 bits per heavy atom. The second kappa shape index (κ2) is 7.94. The zero-order chi connectivity index (χ0) is 18.6. The number of aliphatic hydroxyl groups is 1. The highest BCUT2D eigenvalue weighted by molar-refractivity contribution is 5.53. The van der Waals surface area contributed by atoms with Gasteiger partial charge in [-0.2, -0.15) is 5.10 Å². The maximum absolute atomic E-state index is 13.2. The van der Waals surface area contributed by atoms with Crippen LogP contribution in [-0.4, -0.2) is 48.9 Å². The number of hydrogen-bond donors (Lipinski definition) is 1. The second-order valence-electron chi connectivity index (χ2n) is 6.90. The van der Waals surface area contributed by atoms with Crippen LogP contribution in [0.15, 0.2) is 48.8 Å². The Hall–Kier alpha value is -2.64. The van der Waals surface area contributed by atoms with Gasteiger partial charge in [0.15, 0.2) is 5.82 Å². The molecule has 1 aliphatic heterocycles. The van der Waals surface area contributed by atoms with Crippen LogP contribution in [0, 0.1) is 5.82 Å². The van der Waals surface area contributed by atoms with Crippen molar-refractivity contribution in [1.29, 1.82) is 0 Å². The van der Waals surface area contributed by atoms with Gasteiger partial charge in [-0.25, -0.2) is 14.1 Å². The molecule has 0 amide bonds. The fourth-order valence-electron chi connectivity index (χ4n) is 3.38.